The van der Waals surface area contributed by atoms with Gasteiger partial charge in [0.05, 0.1) is 18.8 Å². The Morgan fingerprint density at radius 3 is 1.92 bits per heavy atom. The average Bonchev–Trinajstić information content (AvgIpc) is 3.11. The number of rotatable bonds is 11. The summed E-state index contributed by atoms with van der Waals surface area (Å²) in [5, 5.41) is 16.3. The number of nitrogens with zero attached hydrogens (tertiary/aromatic N) is 1. The fourth-order valence-electron chi connectivity index (χ4n) is 9.62. The van der Waals surface area contributed by atoms with Gasteiger partial charge in [0.2, 0.25) is 0 Å². The van der Waals surface area contributed by atoms with Gasteiger partial charge in [-0.05, 0) is 90.7 Å². The second-order valence-corrected chi connectivity index (χ2v) is 15.4. The van der Waals surface area contributed by atoms with Gasteiger partial charge >= 0.3 is 6.03 Å². The Labute approximate surface area is 296 Å². The van der Waals surface area contributed by atoms with Crippen LogP contribution in [0.4, 0.5) is 10.5 Å². The van der Waals surface area contributed by atoms with E-state index in [1.165, 1.54) is 30.4 Å². The molecule has 4 bridgehead atoms. The summed E-state index contributed by atoms with van der Waals surface area (Å²) >= 11 is 0. The predicted octanol–water partition coefficient (Wildman–Crippen LogP) is 8.52. The van der Waals surface area contributed by atoms with E-state index in [2.05, 4.69) is 76.2 Å². The smallest absolute Gasteiger partial charge is 0.319 e. The molecule has 3 unspecified atom stereocenters. The summed E-state index contributed by atoms with van der Waals surface area (Å²) in [7, 11) is 0. The van der Waals surface area contributed by atoms with Crippen LogP contribution in [0.3, 0.4) is 0 Å². The van der Waals surface area contributed by atoms with Gasteiger partial charge in [0.25, 0.3) is 0 Å². The Bertz CT molecular complexity index is 1650. The van der Waals surface area contributed by atoms with Crippen molar-refractivity contribution in [3.8, 4) is 0 Å². The van der Waals surface area contributed by atoms with Gasteiger partial charge in [0.1, 0.15) is 0 Å². The zero-order valence-corrected chi connectivity index (χ0v) is 28.8. The van der Waals surface area contributed by atoms with Crippen LogP contribution in [0.5, 0.6) is 0 Å². The van der Waals surface area contributed by atoms with Crippen LogP contribution in [-0.4, -0.2) is 34.2 Å². The van der Waals surface area contributed by atoms with E-state index in [9.17, 15) is 9.90 Å². The molecule has 260 valence electrons. The van der Waals surface area contributed by atoms with Gasteiger partial charge in [-0.15, -0.1) is 0 Å². The SMILES string of the molecule is O=C(Nc1cccc(C2OC(CN(Cc3ccccc3)Cc3ccccc3)CC(c3ccc(CO)cc3)O2)c1)NC12CC3CC(CC(C3)C1)C2. The number of aliphatic hydroxyl groups is 1. The Hall–Kier alpha value is -4.01. The second kappa shape index (κ2) is 14.7. The van der Waals surface area contributed by atoms with Gasteiger partial charge in [-0.2, -0.15) is 0 Å². The summed E-state index contributed by atoms with van der Waals surface area (Å²) < 4.78 is 13.5. The van der Waals surface area contributed by atoms with Crippen LogP contribution in [0.1, 0.15) is 85.2 Å². The molecule has 1 saturated heterocycles. The molecule has 4 aromatic carbocycles. The Morgan fingerprint density at radius 1 is 0.700 bits per heavy atom. The van der Waals surface area contributed by atoms with E-state index in [1.807, 2.05) is 48.5 Å². The topological polar surface area (TPSA) is 83.1 Å². The summed E-state index contributed by atoms with van der Waals surface area (Å²) in [5.41, 5.74) is 6.00. The summed E-state index contributed by atoms with van der Waals surface area (Å²) in [6.07, 6.45) is 7.15. The molecular weight excluding hydrogens is 622 g/mol. The molecule has 3 N–H and O–H groups in total. The first-order valence-corrected chi connectivity index (χ1v) is 18.5. The minimum Gasteiger partial charge on any atom is -0.392 e. The third kappa shape index (κ3) is 7.82. The lowest BCUT2D eigenvalue weighted by Gasteiger charge is -2.56. The number of hydrogen-bond donors (Lipinski definition) is 3. The standard InChI is InChI=1S/C43H49N3O4/c47-29-32-14-16-36(17-15-32)40-22-39(28-46(26-30-8-3-1-4-9-30)27-31-10-5-2-6-11-31)49-41(50-40)37-12-7-13-38(21-37)44-42(48)45-43-23-33-18-34(24-43)20-35(19-33)25-43/h1-17,21,33-35,39-41,47H,18-20,22-29H2,(H2,44,45,48). The molecule has 4 aliphatic carbocycles. The van der Waals surface area contributed by atoms with Gasteiger partial charge in [0.15, 0.2) is 6.29 Å². The number of nitrogens with one attached hydrogen (secondary N) is 2. The normalized spacial score (nSPS) is 28.4. The Balaban J connectivity index is 1.01. The number of anilines is 1. The highest BCUT2D eigenvalue weighted by Crippen LogP contribution is 2.55. The van der Waals surface area contributed by atoms with E-state index in [4.69, 9.17) is 9.47 Å². The van der Waals surface area contributed by atoms with Crippen LogP contribution >= 0.6 is 0 Å². The highest BCUT2D eigenvalue weighted by molar-refractivity contribution is 5.90. The molecule has 3 atom stereocenters. The van der Waals surface area contributed by atoms with Crippen LogP contribution in [0.2, 0.25) is 0 Å². The van der Waals surface area contributed by atoms with Crippen molar-refractivity contribution in [2.45, 2.75) is 88.7 Å². The lowest BCUT2D eigenvalue weighted by molar-refractivity contribution is -0.253. The van der Waals surface area contributed by atoms with Gasteiger partial charge in [-0.3, -0.25) is 4.90 Å². The first kappa shape index (κ1) is 33.2. The molecule has 5 aliphatic rings. The van der Waals surface area contributed by atoms with Gasteiger partial charge < -0.3 is 25.2 Å². The van der Waals surface area contributed by atoms with Crippen molar-refractivity contribution in [1.82, 2.24) is 10.2 Å². The van der Waals surface area contributed by atoms with Gasteiger partial charge in [0, 0.05) is 42.8 Å². The minimum absolute atomic E-state index is 0.00430. The number of benzene rings is 4. The number of carbonyl (C=O) groups is 1. The number of ether oxygens (including phenoxy) is 2. The van der Waals surface area contributed by atoms with Crippen molar-refractivity contribution in [3.05, 3.63) is 137 Å². The zero-order valence-electron chi connectivity index (χ0n) is 28.8. The summed E-state index contributed by atoms with van der Waals surface area (Å²) in [6, 6.07) is 37.0. The van der Waals surface area contributed by atoms with E-state index in [-0.39, 0.29) is 30.4 Å². The molecule has 9 rings (SSSR count). The number of carbonyl (C=O) groups excluding carboxylic acids is 1. The van der Waals surface area contributed by atoms with Crippen molar-refractivity contribution < 1.29 is 19.4 Å². The number of hydrogen-bond acceptors (Lipinski definition) is 5. The van der Waals surface area contributed by atoms with Crippen LogP contribution in [0, 0.1) is 17.8 Å². The molecule has 1 heterocycles. The van der Waals surface area contributed by atoms with Crippen LogP contribution in [0.25, 0.3) is 0 Å². The molecular formula is C43H49N3O4. The molecule has 0 spiro atoms. The van der Waals surface area contributed by atoms with Crippen molar-refractivity contribution in [1.29, 1.82) is 0 Å². The molecule has 5 fully saturated rings. The third-order valence-corrected chi connectivity index (χ3v) is 11.4. The van der Waals surface area contributed by atoms with E-state index < -0.39 is 6.29 Å². The predicted molar refractivity (Wildman–Crippen MR) is 195 cm³/mol. The molecule has 4 saturated carbocycles. The molecule has 2 amide bonds. The van der Waals surface area contributed by atoms with Crippen LogP contribution in [0.15, 0.2) is 109 Å². The zero-order chi connectivity index (χ0) is 33.9. The van der Waals surface area contributed by atoms with E-state index in [0.29, 0.717) is 6.42 Å². The summed E-state index contributed by atoms with van der Waals surface area (Å²) in [4.78, 5) is 15.9. The highest BCUT2D eigenvalue weighted by atomic mass is 16.7. The molecule has 0 aromatic heterocycles. The van der Waals surface area contributed by atoms with Crippen molar-refractivity contribution in [3.63, 3.8) is 0 Å². The molecule has 0 radical (unpaired) electrons. The lowest BCUT2D eigenvalue weighted by atomic mass is 9.53. The molecule has 7 nitrogen and oxygen atoms in total. The maximum Gasteiger partial charge on any atom is 0.319 e. The second-order valence-electron chi connectivity index (χ2n) is 15.4. The fraction of sp³-hybridized carbons (Fsp3) is 0.419. The highest BCUT2D eigenvalue weighted by Gasteiger charge is 2.51. The molecule has 50 heavy (non-hydrogen) atoms. The molecule has 1 aliphatic heterocycles. The maximum atomic E-state index is 13.4. The third-order valence-electron chi connectivity index (χ3n) is 11.4. The van der Waals surface area contributed by atoms with Gasteiger partial charge in [-0.1, -0.05) is 97.1 Å². The number of urea groups is 1. The summed E-state index contributed by atoms with van der Waals surface area (Å²) in [5.74, 6) is 2.30. The monoisotopic (exact) mass is 671 g/mol. The van der Waals surface area contributed by atoms with Crippen LogP contribution in [-0.2, 0) is 29.2 Å². The lowest BCUT2D eigenvalue weighted by Crippen LogP contribution is -2.60. The molecule has 7 heteroatoms. The first-order chi connectivity index (χ1) is 24.5. The van der Waals surface area contributed by atoms with Crippen molar-refractivity contribution >= 4 is 11.7 Å². The van der Waals surface area contributed by atoms with E-state index in [0.717, 1.165) is 79.0 Å². The van der Waals surface area contributed by atoms with E-state index >= 15 is 0 Å². The largest absolute Gasteiger partial charge is 0.392 e. The van der Waals surface area contributed by atoms with Gasteiger partial charge in [-0.25, -0.2) is 4.79 Å². The maximum absolute atomic E-state index is 13.4. The number of amides is 2. The van der Waals surface area contributed by atoms with Crippen LogP contribution < -0.4 is 10.6 Å². The average molecular weight is 672 g/mol. The fourth-order valence-corrected chi connectivity index (χ4v) is 9.62. The first-order valence-electron chi connectivity index (χ1n) is 18.5. The summed E-state index contributed by atoms with van der Waals surface area (Å²) in [6.45, 7) is 2.33. The Kier molecular flexibility index (Phi) is 9.74. The van der Waals surface area contributed by atoms with Crippen molar-refractivity contribution in [2.24, 2.45) is 17.8 Å². The van der Waals surface area contributed by atoms with Crippen molar-refractivity contribution in [2.75, 3.05) is 11.9 Å². The number of aliphatic hydroxyl groups excluding tert-OH is 1. The molecule has 4 aromatic rings. The Morgan fingerprint density at radius 2 is 1.32 bits per heavy atom. The quantitative estimate of drug-likeness (QED) is 0.149. The van der Waals surface area contributed by atoms with E-state index in [1.54, 1.807) is 0 Å². The minimum atomic E-state index is -0.612.